The number of fused-ring (bicyclic) bond motifs is 1. The van der Waals surface area contributed by atoms with Crippen LogP contribution in [0.2, 0.25) is 15.2 Å². The van der Waals surface area contributed by atoms with Gasteiger partial charge >= 0.3 is 0 Å². The first kappa shape index (κ1) is 16.5. The Morgan fingerprint density at radius 2 is 1.92 bits per heavy atom. The largest absolute Gasteiger partial charge is 0.307 e. The highest BCUT2D eigenvalue weighted by atomic mass is 35.5. The predicted octanol–water partition coefficient (Wildman–Crippen LogP) is 5.26. The van der Waals surface area contributed by atoms with Gasteiger partial charge in [-0.15, -0.1) is 16.4 Å². The molecule has 1 aromatic carbocycles. The molecular formula is C15H9Cl3N6S. The van der Waals surface area contributed by atoms with Gasteiger partial charge in [-0.25, -0.2) is 14.5 Å². The third-order valence-corrected chi connectivity index (χ3v) is 4.91. The van der Waals surface area contributed by atoms with Gasteiger partial charge in [0.1, 0.15) is 16.8 Å². The lowest BCUT2D eigenvalue weighted by Gasteiger charge is -2.03. The highest BCUT2D eigenvalue weighted by Crippen LogP contribution is 2.33. The summed E-state index contributed by atoms with van der Waals surface area (Å²) in [6, 6.07) is 6.91. The van der Waals surface area contributed by atoms with Gasteiger partial charge in [0, 0.05) is 22.0 Å². The zero-order chi connectivity index (χ0) is 17.6. The van der Waals surface area contributed by atoms with Crippen molar-refractivity contribution >= 4 is 62.9 Å². The van der Waals surface area contributed by atoms with Crippen LogP contribution in [-0.4, -0.2) is 24.6 Å². The molecule has 1 N–H and O–H groups in total. The van der Waals surface area contributed by atoms with Crippen molar-refractivity contribution in [3.8, 4) is 11.3 Å². The minimum atomic E-state index is 0.349. The number of benzene rings is 1. The van der Waals surface area contributed by atoms with Gasteiger partial charge in [0.25, 0.3) is 0 Å². The van der Waals surface area contributed by atoms with Crippen LogP contribution in [0.4, 0.5) is 11.8 Å². The van der Waals surface area contributed by atoms with E-state index in [1.54, 1.807) is 35.7 Å². The standard InChI is InChI=1S/C15H9Cl3N6S/c1-7-19-12(18)5-13(20-7)21-14-22-15-24(23-14)11(6-25-15)9-4-8(16)2-3-10(9)17/h2-6H,1H3,(H,19,20,21,23). The van der Waals surface area contributed by atoms with E-state index in [2.05, 4.69) is 25.4 Å². The summed E-state index contributed by atoms with van der Waals surface area (Å²) < 4.78 is 1.71. The summed E-state index contributed by atoms with van der Waals surface area (Å²) in [6.45, 7) is 1.76. The van der Waals surface area contributed by atoms with E-state index in [4.69, 9.17) is 34.8 Å². The van der Waals surface area contributed by atoms with E-state index < -0.39 is 0 Å². The van der Waals surface area contributed by atoms with E-state index in [1.807, 2.05) is 5.38 Å². The average Bonchev–Trinajstić information content (AvgIpc) is 3.08. The van der Waals surface area contributed by atoms with E-state index in [0.717, 1.165) is 11.3 Å². The van der Waals surface area contributed by atoms with Crippen LogP contribution >= 0.6 is 46.1 Å². The number of nitrogens with zero attached hydrogens (tertiary/aromatic N) is 5. The maximum absolute atomic E-state index is 6.30. The zero-order valence-corrected chi connectivity index (χ0v) is 15.7. The van der Waals surface area contributed by atoms with Crippen LogP contribution in [0.15, 0.2) is 29.6 Å². The molecule has 0 aliphatic carbocycles. The second-order valence-electron chi connectivity index (χ2n) is 5.12. The first-order valence-electron chi connectivity index (χ1n) is 7.07. The van der Waals surface area contributed by atoms with Crippen molar-refractivity contribution in [3.63, 3.8) is 0 Å². The van der Waals surface area contributed by atoms with Crippen molar-refractivity contribution in [2.24, 2.45) is 0 Å². The van der Waals surface area contributed by atoms with Gasteiger partial charge in [-0.3, -0.25) is 0 Å². The number of thiazole rings is 1. The van der Waals surface area contributed by atoms with Gasteiger partial charge in [-0.05, 0) is 25.1 Å². The predicted molar refractivity (Wildman–Crippen MR) is 101 cm³/mol. The molecule has 4 rings (SSSR count). The van der Waals surface area contributed by atoms with Gasteiger partial charge in [0.05, 0.1) is 10.7 Å². The monoisotopic (exact) mass is 410 g/mol. The summed E-state index contributed by atoms with van der Waals surface area (Å²) in [5.74, 6) is 1.49. The Morgan fingerprint density at radius 1 is 1.08 bits per heavy atom. The molecule has 0 amide bonds. The molecule has 0 atom stereocenters. The van der Waals surface area contributed by atoms with Gasteiger partial charge in [0.15, 0.2) is 0 Å². The molecule has 0 unspecified atom stereocenters. The van der Waals surface area contributed by atoms with E-state index in [0.29, 0.717) is 37.7 Å². The molecule has 0 bridgehead atoms. The van der Waals surface area contributed by atoms with Crippen molar-refractivity contribution in [2.45, 2.75) is 6.92 Å². The van der Waals surface area contributed by atoms with Gasteiger partial charge in [0.2, 0.25) is 10.9 Å². The number of hydrogen-bond acceptors (Lipinski definition) is 6. The second-order valence-corrected chi connectivity index (χ2v) is 7.19. The highest BCUT2D eigenvalue weighted by molar-refractivity contribution is 7.15. The third-order valence-electron chi connectivity index (χ3n) is 3.33. The first-order chi connectivity index (χ1) is 12.0. The molecule has 0 saturated heterocycles. The fraction of sp³-hybridized carbons (Fsp3) is 0.0667. The van der Waals surface area contributed by atoms with Gasteiger partial charge in [-0.2, -0.15) is 4.98 Å². The van der Waals surface area contributed by atoms with Crippen LogP contribution < -0.4 is 5.32 Å². The van der Waals surface area contributed by atoms with E-state index in [-0.39, 0.29) is 0 Å². The number of aryl methyl sites for hydroxylation is 1. The fourth-order valence-corrected chi connectivity index (χ4v) is 3.76. The Hall–Kier alpha value is -1.93. The number of nitrogens with one attached hydrogen (secondary N) is 1. The lowest BCUT2D eigenvalue weighted by atomic mass is 10.2. The molecule has 0 aliphatic rings. The average molecular weight is 412 g/mol. The smallest absolute Gasteiger partial charge is 0.249 e. The van der Waals surface area contributed by atoms with Gasteiger partial charge < -0.3 is 5.32 Å². The summed E-state index contributed by atoms with van der Waals surface area (Å²) in [6.07, 6.45) is 0. The molecule has 0 spiro atoms. The number of hydrogen-bond donors (Lipinski definition) is 1. The van der Waals surface area contributed by atoms with Crippen LogP contribution in [0.5, 0.6) is 0 Å². The number of anilines is 2. The summed E-state index contributed by atoms with van der Waals surface area (Å²) in [5.41, 5.74) is 1.60. The van der Waals surface area contributed by atoms with E-state index >= 15 is 0 Å². The molecule has 25 heavy (non-hydrogen) atoms. The van der Waals surface area contributed by atoms with E-state index in [1.165, 1.54) is 11.3 Å². The number of aromatic nitrogens is 5. The minimum Gasteiger partial charge on any atom is -0.307 e. The van der Waals surface area contributed by atoms with Crippen LogP contribution in [0, 0.1) is 6.92 Å². The molecule has 126 valence electrons. The normalized spacial score (nSPS) is 11.2. The second kappa shape index (κ2) is 6.42. The molecule has 4 aromatic rings. The topological polar surface area (TPSA) is 68.0 Å². The zero-order valence-electron chi connectivity index (χ0n) is 12.7. The minimum absolute atomic E-state index is 0.349. The van der Waals surface area contributed by atoms with Crippen LogP contribution in [0.1, 0.15) is 5.82 Å². The Labute approximate surface area is 161 Å². The molecule has 6 nitrogen and oxygen atoms in total. The molecule has 0 fully saturated rings. The molecule has 3 aromatic heterocycles. The van der Waals surface area contributed by atoms with Crippen molar-refractivity contribution in [3.05, 3.63) is 50.7 Å². The SMILES string of the molecule is Cc1nc(Cl)cc(Nc2nc3scc(-c4cc(Cl)ccc4Cl)n3n2)n1. The molecule has 0 radical (unpaired) electrons. The summed E-state index contributed by atoms with van der Waals surface area (Å²) in [5, 5.41) is 11.0. The molecular weight excluding hydrogens is 403 g/mol. The van der Waals surface area contributed by atoms with Crippen molar-refractivity contribution in [1.29, 1.82) is 0 Å². The summed E-state index contributed by atoms with van der Waals surface area (Å²) >= 11 is 19.8. The van der Waals surface area contributed by atoms with Crippen molar-refractivity contribution in [2.75, 3.05) is 5.32 Å². The third kappa shape index (κ3) is 3.28. The quantitative estimate of drug-likeness (QED) is 0.466. The van der Waals surface area contributed by atoms with Gasteiger partial charge in [-0.1, -0.05) is 34.8 Å². The first-order valence-corrected chi connectivity index (χ1v) is 9.09. The Morgan fingerprint density at radius 3 is 2.72 bits per heavy atom. The van der Waals surface area contributed by atoms with Crippen LogP contribution in [0.3, 0.4) is 0 Å². The lowest BCUT2D eigenvalue weighted by molar-refractivity contribution is 0.983. The number of rotatable bonds is 3. The van der Waals surface area contributed by atoms with E-state index in [9.17, 15) is 0 Å². The molecule has 0 saturated carbocycles. The van der Waals surface area contributed by atoms with Crippen LogP contribution in [-0.2, 0) is 0 Å². The molecule has 10 heteroatoms. The maximum Gasteiger partial charge on any atom is 0.249 e. The van der Waals surface area contributed by atoms with Crippen molar-refractivity contribution in [1.82, 2.24) is 24.6 Å². The Bertz CT molecular complexity index is 1070. The maximum atomic E-state index is 6.30. The Balaban J connectivity index is 1.74. The molecule has 0 aliphatic heterocycles. The lowest BCUT2D eigenvalue weighted by Crippen LogP contribution is -1.99. The Kier molecular flexibility index (Phi) is 4.24. The fourth-order valence-electron chi connectivity index (χ4n) is 2.32. The summed E-state index contributed by atoms with van der Waals surface area (Å²) in [7, 11) is 0. The molecule has 3 heterocycles. The highest BCUT2D eigenvalue weighted by Gasteiger charge is 2.15. The number of halogens is 3. The van der Waals surface area contributed by atoms with Crippen LogP contribution in [0.25, 0.3) is 16.2 Å². The summed E-state index contributed by atoms with van der Waals surface area (Å²) in [4.78, 5) is 13.4. The van der Waals surface area contributed by atoms with Crippen molar-refractivity contribution < 1.29 is 0 Å².